The van der Waals surface area contributed by atoms with Crippen LogP contribution in [0.1, 0.15) is 25.1 Å². The van der Waals surface area contributed by atoms with E-state index in [0.717, 1.165) is 50.4 Å². The van der Waals surface area contributed by atoms with Crippen LogP contribution < -0.4 is 0 Å². The largest absolute Gasteiger partial charge is 0.316 e. The minimum absolute atomic E-state index is 0.858. The minimum Gasteiger partial charge on any atom is -0.316 e. The van der Waals surface area contributed by atoms with Gasteiger partial charge >= 0.3 is 0 Å². The van der Waals surface area contributed by atoms with E-state index in [2.05, 4.69) is 248 Å². The Balaban J connectivity index is 1.11. The lowest BCUT2D eigenvalue weighted by Gasteiger charge is -2.14. The molecule has 0 amide bonds. The predicted molar refractivity (Wildman–Crippen MR) is 266 cm³/mol. The van der Waals surface area contributed by atoms with E-state index in [1.807, 2.05) is 6.08 Å². The van der Waals surface area contributed by atoms with Gasteiger partial charge in [-0.15, -0.1) is 0 Å². The van der Waals surface area contributed by atoms with Crippen molar-refractivity contribution in [3.63, 3.8) is 0 Å². The SMILES string of the molecule is C=C/C=C(\C=C\n1c2ccccc2c2ccccc21)c1cc(-c2ccc(-c3cccc(C(/C=C\C)=C/C)c3)cc2)cc(-c2cccc(-n3c4ccccc4c4ccccc43)c2)n1. The molecule has 0 aliphatic heterocycles. The summed E-state index contributed by atoms with van der Waals surface area (Å²) in [5.41, 5.74) is 16.4. The van der Waals surface area contributed by atoms with E-state index in [1.165, 1.54) is 54.8 Å². The summed E-state index contributed by atoms with van der Waals surface area (Å²) in [6.45, 7) is 8.28. The van der Waals surface area contributed by atoms with Crippen LogP contribution in [0.2, 0.25) is 0 Å². The molecule has 10 aromatic rings. The van der Waals surface area contributed by atoms with Crippen LogP contribution in [0.3, 0.4) is 0 Å². The normalized spacial score (nSPS) is 12.5. The molecule has 0 aliphatic carbocycles. The number of hydrogen-bond donors (Lipinski definition) is 0. The highest BCUT2D eigenvalue weighted by Crippen LogP contribution is 2.36. The number of fused-ring (bicyclic) bond motifs is 6. The molecule has 62 heavy (non-hydrogen) atoms. The first-order valence-electron chi connectivity index (χ1n) is 21.2. The van der Waals surface area contributed by atoms with Gasteiger partial charge in [0.1, 0.15) is 0 Å². The molecule has 0 saturated heterocycles. The first-order chi connectivity index (χ1) is 30.6. The third-order valence-corrected chi connectivity index (χ3v) is 11.8. The molecule has 0 bridgehead atoms. The van der Waals surface area contributed by atoms with Crippen molar-refractivity contribution in [1.82, 2.24) is 14.1 Å². The van der Waals surface area contributed by atoms with E-state index in [-0.39, 0.29) is 0 Å². The van der Waals surface area contributed by atoms with Gasteiger partial charge in [-0.3, -0.25) is 0 Å². The summed E-state index contributed by atoms with van der Waals surface area (Å²) in [7, 11) is 0. The maximum atomic E-state index is 5.44. The lowest BCUT2D eigenvalue weighted by Crippen LogP contribution is -1.97. The third-order valence-electron chi connectivity index (χ3n) is 11.8. The van der Waals surface area contributed by atoms with Crippen LogP contribution in [0.4, 0.5) is 0 Å². The summed E-state index contributed by atoms with van der Waals surface area (Å²) in [6.07, 6.45) is 14.6. The highest BCUT2D eigenvalue weighted by molar-refractivity contribution is 6.10. The molecule has 3 heterocycles. The molecule has 0 fully saturated rings. The fourth-order valence-electron chi connectivity index (χ4n) is 8.89. The lowest BCUT2D eigenvalue weighted by atomic mass is 9.95. The Morgan fingerprint density at radius 1 is 0.484 bits per heavy atom. The van der Waals surface area contributed by atoms with Crippen LogP contribution >= 0.6 is 0 Å². The second-order valence-corrected chi connectivity index (χ2v) is 15.5. The van der Waals surface area contributed by atoms with Gasteiger partial charge in [0.25, 0.3) is 0 Å². The summed E-state index contributed by atoms with van der Waals surface area (Å²) in [6, 6.07) is 65.3. The molecule has 3 heteroatoms. The Morgan fingerprint density at radius 3 is 1.66 bits per heavy atom. The molecule has 0 spiro atoms. The first-order valence-corrected chi connectivity index (χ1v) is 21.2. The Kier molecular flexibility index (Phi) is 10.2. The Bertz CT molecular complexity index is 3330. The summed E-state index contributed by atoms with van der Waals surface area (Å²) in [5.74, 6) is 0. The van der Waals surface area contributed by atoms with Gasteiger partial charge in [-0.05, 0) is 108 Å². The van der Waals surface area contributed by atoms with E-state index in [1.54, 1.807) is 0 Å². The van der Waals surface area contributed by atoms with Crippen molar-refractivity contribution >= 4 is 61.0 Å². The summed E-state index contributed by atoms with van der Waals surface area (Å²) >= 11 is 0. The highest BCUT2D eigenvalue weighted by atomic mass is 15.0. The van der Waals surface area contributed by atoms with Gasteiger partial charge in [0.15, 0.2) is 0 Å². The smallest absolute Gasteiger partial charge is 0.0716 e. The average molecular weight is 796 g/mol. The number of rotatable bonds is 10. The zero-order valence-electron chi connectivity index (χ0n) is 34.9. The molecule has 0 atom stereocenters. The predicted octanol–water partition coefficient (Wildman–Crippen LogP) is 16.0. The molecule has 3 nitrogen and oxygen atoms in total. The van der Waals surface area contributed by atoms with Crippen LogP contribution in [-0.4, -0.2) is 14.1 Å². The second-order valence-electron chi connectivity index (χ2n) is 15.5. The molecule has 0 unspecified atom stereocenters. The Morgan fingerprint density at radius 2 is 1.05 bits per heavy atom. The number of benzene rings is 7. The van der Waals surface area contributed by atoms with Crippen LogP contribution in [0.5, 0.6) is 0 Å². The van der Waals surface area contributed by atoms with Crippen molar-refractivity contribution in [1.29, 1.82) is 0 Å². The van der Waals surface area contributed by atoms with Crippen LogP contribution in [0.25, 0.3) is 100 Å². The van der Waals surface area contributed by atoms with E-state index in [0.29, 0.717) is 0 Å². The van der Waals surface area contributed by atoms with E-state index in [4.69, 9.17) is 4.98 Å². The number of allylic oxidation sites excluding steroid dienone is 8. The first kappa shape index (κ1) is 38.2. The Hall–Kier alpha value is -8.01. The van der Waals surface area contributed by atoms with E-state index < -0.39 is 0 Å². The van der Waals surface area contributed by atoms with Crippen LogP contribution in [0.15, 0.2) is 225 Å². The van der Waals surface area contributed by atoms with Crippen LogP contribution in [0, 0.1) is 0 Å². The topological polar surface area (TPSA) is 22.8 Å². The summed E-state index contributed by atoms with van der Waals surface area (Å²) < 4.78 is 4.63. The number of hydrogen-bond acceptors (Lipinski definition) is 1. The average Bonchev–Trinajstić information content (AvgIpc) is 3.85. The molecule has 3 aromatic heterocycles. The van der Waals surface area contributed by atoms with Gasteiger partial charge < -0.3 is 9.13 Å². The minimum atomic E-state index is 0.858. The molecular weight excluding hydrogens is 751 g/mol. The molecule has 296 valence electrons. The van der Waals surface area contributed by atoms with Gasteiger partial charge in [-0.1, -0.05) is 164 Å². The fraction of sp³-hybridized carbons (Fsp3) is 0.0339. The molecule has 10 rings (SSSR count). The van der Waals surface area contributed by atoms with Crippen molar-refractivity contribution in [3.8, 4) is 39.2 Å². The quantitative estimate of drug-likeness (QED) is 0.126. The monoisotopic (exact) mass is 795 g/mol. The van der Waals surface area contributed by atoms with Gasteiger partial charge in [-0.2, -0.15) is 0 Å². The zero-order valence-corrected chi connectivity index (χ0v) is 34.9. The third kappa shape index (κ3) is 7.00. The maximum Gasteiger partial charge on any atom is 0.0716 e. The molecule has 0 aliphatic rings. The highest BCUT2D eigenvalue weighted by Gasteiger charge is 2.15. The number of nitrogens with zero attached hydrogens (tertiary/aromatic N) is 3. The van der Waals surface area contributed by atoms with Crippen molar-refractivity contribution < 1.29 is 0 Å². The van der Waals surface area contributed by atoms with Gasteiger partial charge in [0, 0.05) is 44.6 Å². The van der Waals surface area contributed by atoms with Gasteiger partial charge in [0.2, 0.25) is 0 Å². The van der Waals surface area contributed by atoms with Gasteiger partial charge in [-0.25, -0.2) is 4.98 Å². The number of pyridine rings is 1. The number of aromatic nitrogens is 3. The maximum absolute atomic E-state index is 5.44. The summed E-state index contributed by atoms with van der Waals surface area (Å²) in [4.78, 5) is 5.44. The van der Waals surface area contributed by atoms with E-state index >= 15 is 0 Å². The fourth-order valence-corrected chi connectivity index (χ4v) is 8.89. The zero-order chi connectivity index (χ0) is 42.0. The summed E-state index contributed by atoms with van der Waals surface area (Å²) in [5, 5.41) is 4.92. The van der Waals surface area contributed by atoms with Crippen molar-refractivity contribution in [2.45, 2.75) is 13.8 Å². The lowest BCUT2D eigenvalue weighted by molar-refractivity contribution is 1.18. The van der Waals surface area contributed by atoms with Crippen molar-refractivity contribution in [2.24, 2.45) is 0 Å². The van der Waals surface area contributed by atoms with Crippen molar-refractivity contribution in [3.05, 3.63) is 236 Å². The molecule has 0 N–H and O–H groups in total. The standard InChI is InChI=1S/C59H45N3/c1-4-17-41(6-3)45-19-15-20-46(37-45)42-31-33-43(34-32-42)48-39-54(44(18-5-2)35-36-61-56-27-11-7-23-50(56)51-24-8-12-28-57(51)61)60-55(40-48)47-21-16-22-49(38-47)62-58-29-13-9-25-52(58)53-26-10-14-30-59(53)62/h4-40H,2H2,1,3H3/b17-4-,36-35+,41-6+,44-18+. The van der Waals surface area contributed by atoms with Crippen molar-refractivity contribution in [2.75, 3.05) is 0 Å². The van der Waals surface area contributed by atoms with E-state index in [9.17, 15) is 0 Å². The molecule has 7 aromatic carbocycles. The molecule has 0 saturated carbocycles. The Labute approximate surface area is 362 Å². The van der Waals surface area contributed by atoms with Crippen LogP contribution in [-0.2, 0) is 0 Å². The molecule has 0 radical (unpaired) electrons. The number of para-hydroxylation sites is 4. The van der Waals surface area contributed by atoms with Gasteiger partial charge in [0.05, 0.1) is 33.5 Å². The molecular formula is C59H45N3. The second kappa shape index (κ2) is 16.6.